The SMILES string of the molecule is CCOc1ccc(Cc2cc([C@H]3C[C@@H](O)C[C@@H](CO)O3)ccc2Cl)cc1. The highest BCUT2D eigenvalue weighted by Crippen LogP contribution is 2.33. The highest BCUT2D eigenvalue weighted by atomic mass is 35.5. The molecule has 0 radical (unpaired) electrons. The summed E-state index contributed by atoms with van der Waals surface area (Å²) >= 11 is 6.40. The Morgan fingerprint density at radius 1 is 1.15 bits per heavy atom. The molecule has 0 amide bonds. The lowest BCUT2D eigenvalue weighted by Crippen LogP contribution is -2.33. The summed E-state index contributed by atoms with van der Waals surface area (Å²) in [6, 6.07) is 13.8. The van der Waals surface area contributed by atoms with Gasteiger partial charge in [0.15, 0.2) is 0 Å². The van der Waals surface area contributed by atoms with E-state index in [1.807, 2.05) is 49.4 Å². The second kappa shape index (κ2) is 8.87. The topological polar surface area (TPSA) is 58.9 Å². The van der Waals surface area contributed by atoms with Gasteiger partial charge in [-0.2, -0.15) is 0 Å². The molecule has 3 atom stereocenters. The summed E-state index contributed by atoms with van der Waals surface area (Å²) in [4.78, 5) is 0. The molecule has 1 aliphatic rings. The Morgan fingerprint density at radius 2 is 1.92 bits per heavy atom. The summed E-state index contributed by atoms with van der Waals surface area (Å²) in [5.74, 6) is 0.857. The summed E-state index contributed by atoms with van der Waals surface area (Å²) in [5.41, 5.74) is 3.13. The Kier molecular flexibility index (Phi) is 6.54. The van der Waals surface area contributed by atoms with E-state index in [-0.39, 0.29) is 18.8 Å². The van der Waals surface area contributed by atoms with Crippen LogP contribution in [-0.2, 0) is 11.2 Å². The van der Waals surface area contributed by atoms with Crippen LogP contribution in [0.15, 0.2) is 42.5 Å². The molecule has 1 heterocycles. The number of benzene rings is 2. The third kappa shape index (κ3) is 4.77. The van der Waals surface area contributed by atoms with Crippen LogP contribution in [0.4, 0.5) is 0 Å². The minimum atomic E-state index is -0.462. The van der Waals surface area contributed by atoms with Crippen molar-refractivity contribution in [1.82, 2.24) is 0 Å². The van der Waals surface area contributed by atoms with Gasteiger partial charge in [0.1, 0.15) is 5.75 Å². The number of aliphatic hydroxyl groups excluding tert-OH is 2. The van der Waals surface area contributed by atoms with Crippen LogP contribution in [0.3, 0.4) is 0 Å². The number of halogens is 1. The fourth-order valence-electron chi connectivity index (χ4n) is 3.34. The van der Waals surface area contributed by atoms with Crippen molar-refractivity contribution in [2.24, 2.45) is 0 Å². The summed E-state index contributed by atoms with van der Waals surface area (Å²) in [7, 11) is 0. The quantitative estimate of drug-likeness (QED) is 0.802. The normalized spacial score (nSPS) is 23.0. The van der Waals surface area contributed by atoms with Crippen LogP contribution in [0, 0.1) is 0 Å². The Balaban J connectivity index is 1.77. The molecule has 2 N–H and O–H groups in total. The molecule has 0 bridgehead atoms. The van der Waals surface area contributed by atoms with Gasteiger partial charge in [-0.05, 0) is 48.2 Å². The van der Waals surface area contributed by atoms with E-state index in [1.54, 1.807) is 0 Å². The van der Waals surface area contributed by atoms with Crippen molar-refractivity contribution >= 4 is 11.6 Å². The Morgan fingerprint density at radius 3 is 2.62 bits per heavy atom. The monoisotopic (exact) mass is 376 g/mol. The summed E-state index contributed by atoms with van der Waals surface area (Å²) < 4.78 is 11.4. The van der Waals surface area contributed by atoms with Crippen molar-refractivity contribution < 1.29 is 19.7 Å². The van der Waals surface area contributed by atoms with Crippen molar-refractivity contribution in [2.45, 2.75) is 44.5 Å². The molecule has 26 heavy (non-hydrogen) atoms. The minimum absolute atomic E-state index is 0.0831. The average molecular weight is 377 g/mol. The highest BCUT2D eigenvalue weighted by Gasteiger charge is 2.29. The molecule has 140 valence electrons. The van der Waals surface area contributed by atoms with Gasteiger partial charge >= 0.3 is 0 Å². The van der Waals surface area contributed by atoms with Gasteiger partial charge in [0.05, 0.1) is 31.5 Å². The molecular weight excluding hydrogens is 352 g/mol. The Bertz CT molecular complexity index is 716. The molecule has 3 rings (SSSR count). The molecule has 5 heteroatoms. The molecule has 0 aromatic heterocycles. The fraction of sp³-hybridized carbons (Fsp3) is 0.429. The van der Waals surface area contributed by atoms with Gasteiger partial charge in [0, 0.05) is 17.9 Å². The number of hydrogen-bond acceptors (Lipinski definition) is 4. The van der Waals surface area contributed by atoms with Crippen LogP contribution >= 0.6 is 11.6 Å². The van der Waals surface area contributed by atoms with Gasteiger partial charge in [-0.25, -0.2) is 0 Å². The molecular formula is C21H25ClO4. The first kappa shape index (κ1) is 19.2. The van der Waals surface area contributed by atoms with E-state index >= 15 is 0 Å². The predicted octanol–water partition coefficient (Wildman–Crippen LogP) is 3.90. The van der Waals surface area contributed by atoms with Gasteiger partial charge < -0.3 is 19.7 Å². The fourth-order valence-corrected chi connectivity index (χ4v) is 3.53. The molecule has 1 fully saturated rings. The van der Waals surface area contributed by atoms with E-state index in [0.717, 1.165) is 22.4 Å². The van der Waals surface area contributed by atoms with Crippen LogP contribution in [0.25, 0.3) is 0 Å². The van der Waals surface area contributed by atoms with Crippen molar-refractivity contribution in [1.29, 1.82) is 0 Å². The van der Waals surface area contributed by atoms with E-state index in [1.165, 1.54) is 0 Å². The minimum Gasteiger partial charge on any atom is -0.494 e. The van der Waals surface area contributed by atoms with E-state index in [0.29, 0.717) is 30.9 Å². The maximum absolute atomic E-state index is 10.0. The van der Waals surface area contributed by atoms with Crippen molar-refractivity contribution in [3.8, 4) is 5.75 Å². The zero-order valence-electron chi connectivity index (χ0n) is 14.9. The van der Waals surface area contributed by atoms with Crippen LogP contribution in [-0.4, -0.2) is 35.6 Å². The lowest BCUT2D eigenvalue weighted by molar-refractivity contribution is -0.113. The molecule has 0 aliphatic carbocycles. The zero-order chi connectivity index (χ0) is 18.5. The Labute approximate surface area is 159 Å². The summed E-state index contributed by atoms with van der Waals surface area (Å²) in [5, 5.41) is 20.1. The first-order valence-electron chi connectivity index (χ1n) is 9.03. The van der Waals surface area contributed by atoms with Gasteiger partial charge in [-0.1, -0.05) is 35.9 Å². The maximum Gasteiger partial charge on any atom is 0.119 e. The lowest BCUT2D eigenvalue weighted by atomic mass is 9.94. The largest absolute Gasteiger partial charge is 0.494 e. The molecule has 0 saturated carbocycles. The maximum atomic E-state index is 10.0. The van der Waals surface area contributed by atoms with E-state index in [9.17, 15) is 10.2 Å². The van der Waals surface area contributed by atoms with Crippen molar-refractivity contribution in [2.75, 3.05) is 13.2 Å². The molecule has 1 aliphatic heterocycles. The van der Waals surface area contributed by atoms with Crippen LogP contribution < -0.4 is 4.74 Å². The molecule has 0 unspecified atom stereocenters. The lowest BCUT2D eigenvalue weighted by Gasteiger charge is -2.32. The molecule has 2 aromatic carbocycles. The van der Waals surface area contributed by atoms with Gasteiger partial charge in [-0.15, -0.1) is 0 Å². The second-order valence-corrected chi connectivity index (χ2v) is 7.07. The second-order valence-electron chi connectivity index (χ2n) is 6.66. The number of aliphatic hydroxyl groups is 2. The number of ether oxygens (including phenoxy) is 2. The van der Waals surface area contributed by atoms with Gasteiger partial charge in [-0.3, -0.25) is 0 Å². The average Bonchev–Trinajstić information content (AvgIpc) is 2.64. The zero-order valence-corrected chi connectivity index (χ0v) is 15.7. The van der Waals surface area contributed by atoms with Gasteiger partial charge in [0.25, 0.3) is 0 Å². The molecule has 4 nitrogen and oxygen atoms in total. The van der Waals surface area contributed by atoms with Gasteiger partial charge in [0.2, 0.25) is 0 Å². The number of hydrogen-bond donors (Lipinski definition) is 2. The van der Waals surface area contributed by atoms with E-state index < -0.39 is 6.10 Å². The molecule has 1 saturated heterocycles. The standard InChI is InChI=1S/C21H25ClO4/c1-2-25-18-6-3-14(4-7-18)9-16-10-15(5-8-20(16)22)21-12-17(24)11-19(13-23)26-21/h3-8,10,17,19,21,23-24H,2,9,11-13H2,1H3/t17-,19-,21+/m0/s1. The Hall–Kier alpha value is -1.59. The van der Waals surface area contributed by atoms with E-state index in [2.05, 4.69) is 0 Å². The third-order valence-corrected chi connectivity index (χ3v) is 5.02. The molecule has 0 spiro atoms. The van der Waals surface area contributed by atoms with Crippen LogP contribution in [0.1, 0.15) is 42.6 Å². The summed E-state index contributed by atoms with van der Waals surface area (Å²) in [6.07, 6.45) is 0.690. The first-order valence-corrected chi connectivity index (χ1v) is 9.41. The summed E-state index contributed by atoms with van der Waals surface area (Å²) in [6.45, 7) is 2.53. The first-order chi connectivity index (χ1) is 12.6. The predicted molar refractivity (Wildman–Crippen MR) is 102 cm³/mol. The van der Waals surface area contributed by atoms with E-state index in [4.69, 9.17) is 21.1 Å². The number of rotatable bonds is 6. The smallest absolute Gasteiger partial charge is 0.119 e. The van der Waals surface area contributed by atoms with Crippen molar-refractivity contribution in [3.63, 3.8) is 0 Å². The third-order valence-electron chi connectivity index (χ3n) is 4.65. The van der Waals surface area contributed by atoms with Crippen LogP contribution in [0.5, 0.6) is 5.75 Å². The van der Waals surface area contributed by atoms with Crippen LogP contribution in [0.2, 0.25) is 5.02 Å². The van der Waals surface area contributed by atoms with Crippen molar-refractivity contribution in [3.05, 3.63) is 64.2 Å². The molecule has 2 aromatic rings. The highest BCUT2D eigenvalue weighted by molar-refractivity contribution is 6.31.